The molecule has 0 radical (unpaired) electrons. The molecule has 3 fully saturated rings. The number of fused-ring (bicyclic) bond motifs is 1. The number of anilines is 1. The van der Waals surface area contributed by atoms with E-state index in [0.717, 1.165) is 24.8 Å². The zero-order chi connectivity index (χ0) is 22.8. The Morgan fingerprint density at radius 2 is 1.91 bits per heavy atom. The molecule has 0 aromatic heterocycles. The van der Waals surface area contributed by atoms with E-state index < -0.39 is 10.0 Å². The monoisotopic (exact) mass is 497 g/mol. The Bertz CT molecular complexity index is 1030. The molecular weight excluding hydrogens is 466 g/mol. The van der Waals surface area contributed by atoms with Crippen LogP contribution in [0.25, 0.3) is 0 Å². The van der Waals surface area contributed by atoms with Gasteiger partial charge in [-0.1, -0.05) is 17.8 Å². The van der Waals surface area contributed by atoms with Gasteiger partial charge in [0.25, 0.3) is 0 Å². The van der Waals surface area contributed by atoms with Gasteiger partial charge < -0.3 is 5.32 Å². The van der Waals surface area contributed by atoms with E-state index in [0.29, 0.717) is 22.4 Å². The molecule has 0 bridgehead atoms. The summed E-state index contributed by atoms with van der Waals surface area (Å²) in [4.78, 5) is 15.6. The van der Waals surface area contributed by atoms with Crippen molar-refractivity contribution in [2.45, 2.75) is 90.8 Å². The van der Waals surface area contributed by atoms with E-state index in [1.165, 1.54) is 0 Å². The minimum Gasteiger partial charge on any atom is -0.302 e. The number of carbonyl (C=O) groups excluding carboxylic acids is 1. The Morgan fingerprint density at radius 3 is 2.50 bits per heavy atom. The summed E-state index contributed by atoms with van der Waals surface area (Å²) < 4.78 is 28.9. The van der Waals surface area contributed by atoms with E-state index in [1.807, 2.05) is 31.7 Å². The van der Waals surface area contributed by atoms with Crippen LogP contribution in [0, 0.1) is 0 Å². The molecule has 6 unspecified atom stereocenters. The summed E-state index contributed by atoms with van der Waals surface area (Å²) in [5, 5.41) is 4.37. The molecule has 1 saturated carbocycles. The molecule has 4 N–H and O–H groups in total. The van der Waals surface area contributed by atoms with E-state index in [9.17, 15) is 13.2 Å². The van der Waals surface area contributed by atoms with Crippen LogP contribution < -0.4 is 25.8 Å². The quantitative estimate of drug-likeness (QED) is 0.475. The van der Waals surface area contributed by atoms with Crippen LogP contribution in [0.1, 0.15) is 58.4 Å². The molecular formula is C21H31N5O3S3. The first kappa shape index (κ1) is 22.9. The third kappa shape index (κ3) is 4.21. The molecule has 11 heteroatoms. The van der Waals surface area contributed by atoms with E-state index in [4.69, 9.17) is 0 Å². The summed E-state index contributed by atoms with van der Waals surface area (Å²) in [5.74, 6) is -0.245. The number of amides is 1. The Hall–Kier alpha value is -0.820. The van der Waals surface area contributed by atoms with Gasteiger partial charge in [0.15, 0.2) is 0 Å². The van der Waals surface area contributed by atoms with Crippen LogP contribution in [-0.4, -0.2) is 47.4 Å². The van der Waals surface area contributed by atoms with Crippen molar-refractivity contribution >= 4 is 45.1 Å². The second kappa shape index (κ2) is 8.14. The van der Waals surface area contributed by atoms with Gasteiger partial charge in [-0.2, -0.15) is 0 Å². The fourth-order valence-electron chi connectivity index (χ4n) is 4.72. The predicted octanol–water partition coefficient (Wildman–Crippen LogP) is 2.25. The van der Waals surface area contributed by atoms with Gasteiger partial charge in [-0.05, 0) is 64.7 Å². The molecule has 1 aromatic carbocycles. The van der Waals surface area contributed by atoms with Gasteiger partial charge in [0.05, 0.1) is 27.2 Å². The van der Waals surface area contributed by atoms with Crippen molar-refractivity contribution in [1.29, 1.82) is 0 Å². The molecule has 2 saturated heterocycles. The zero-order valence-electron chi connectivity index (χ0n) is 18.7. The van der Waals surface area contributed by atoms with E-state index in [1.54, 1.807) is 28.8 Å². The maximum atomic E-state index is 13.7. The number of carbonyl (C=O) groups is 1. The van der Waals surface area contributed by atoms with Crippen molar-refractivity contribution in [3.05, 3.63) is 23.8 Å². The molecule has 6 atom stereocenters. The summed E-state index contributed by atoms with van der Waals surface area (Å²) in [6, 6.07) is 5.50. The number of rotatable bonds is 6. The molecule has 8 nitrogen and oxygen atoms in total. The molecule has 1 amide bonds. The number of thioether (sulfide) groups is 2. The van der Waals surface area contributed by atoms with Crippen molar-refractivity contribution in [1.82, 2.24) is 20.9 Å². The highest BCUT2D eigenvalue weighted by Crippen LogP contribution is 2.46. The molecule has 1 aromatic rings. The Kier molecular flexibility index (Phi) is 5.84. The number of nitrogens with zero attached hydrogens (tertiary/aromatic N) is 1. The molecule has 4 aliphatic rings. The normalized spacial score (nSPS) is 36.0. The highest BCUT2D eigenvalue weighted by molar-refractivity contribution is 8.01. The average molecular weight is 498 g/mol. The van der Waals surface area contributed by atoms with Gasteiger partial charge in [-0.3, -0.25) is 9.69 Å². The minimum atomic E-state index is -3.65. The fraction of sp³-hybridized carbons (Fsp3) is 0.667. The molecule has 5 rings (SSSR count). The number of sulfonamides is 1. The molecule has 3 heterocycles. The predicted molar refractivity (Wildman–Crippen MR) is 130 cm³/mol. The van der Waals surface area contributed by atoms with Crippen molar-refractivity contribution in [3.8, 4) is 0 Å². The van der Waals surface area contributed by atoms with Crippen LogP contribution in [0.4, 0.5) is 5.69 Å². The second-order valence-electron chi connectivity index (χ2n) is 9.57. The second-order valence-corrected chi connectivity index (χ2v) is 14.3. The fourth-order valence-corrected chi connectivity index (χ4v) is 8.64. The minimum absolute atomic E-state index is 0.0323. The number of nitrogens with one attached hydrogen (secondary N) is 4. The SMILES string of the molecule is CC1NC(C)C(CC2C(=O)N(C3NNC(C)S3)c3cc(S(=O)(=O)NC4(C)CC4)ccc32)S1. The largest absolute Gasteiger partial charge is 0.302 e. The van der Waals surface area contributed by atoms with E-state index in [2.05, 4.69) is 34.7 Å². The summed E-state index contributed by atoms with van der Waals surface area (Å²) in [6.07, 6.45) is 2.42. The lowest BCUT2D eigenvalue weighted by Crippen LogP contribution is -2.46. The van der Waals surface area contributed by atoms with Crippen LogP contribution in [-0.2, 0) is 14.8 Å². The third-order valence-corrected chi connectivity index (χ3v) is 11.0. The Balaban J connectivity index is 1.49. The number of hydrogen-bond acceptors (Lipinski definition) is 8. The summed E-state index contributed by atoms with van der Waals surface area (Å²) in [5.41, 5.74) is 7.33. The first-order valence-electron chi connectivity index (χ1n) is 11.2. The lowest BCUT2D eigenvalue weighted by atomic mass is 9.93. The average Bonchev–Trinajstić information content (AvgIpc) is 3.01. The van der Waals surface area contributed by atoms with Crippen molar-refractivity contribution in [2.75, 3.05) is 4.90 Å². The van der Waals surface area contributed by atoms with Gasteiger partial charge in [0.2, 0.25) is 15.9 Å². The third-order valence-electron chi connectivity index (χ3n) is 6.74. The van der Waals surface area contributed by atoms with Crippen molar-refractivity contribution in [3.63, 3.8) is 0 Å². The maximum Gasteiger partial charge on any atom is 0.241 e. The molecule has 1 aliphatic carbocycles. The van der Waals surface area contributed by atoms with E-state index in [-0.39, 0.29) is 33.1 Å². The Labute approximate surface area is 198 Å². The van der Waals surface area contributed by atoms with Crippen molar-refractivity contribution < 1.29 is 13.2 Å². The van der Waals surface area contributed by atoms with Crippen LogP contribution in [0.2, 0.25) is 0 Å². The van der Waals surface area contributed by atoms with Crippen LogP contribution in [0.3, 0.4) is 0 Å². The molecule has 32 heavy (non-hydrogen) atoms. The standard InChI is InChI=1S/C21H31N5O3S3/c1-11-18(30-12(2)22-11)10-16-15-6-5-14(32(28,29)25-21(4)7-8-21)9-17(15)26(19(16)27)20-24-23-13(3)31-20/h5-6,9,11-13,16,18,20,22-25H,7-8,10H2,1-4H3. The lowest BCUT2D eigenvalue weighted by molar-refractivity contribution is -0.119. The Morgan fingerprint density at radius 1 is 1.16 bits per heavy atom. The van der Waals surface area contributed by atoms with Gasteiger partial charge in [-0.15, -0.1) is 11.8 Å². The number of hydrogen-bond donors (Lipinski definition) is 4. The lowest BCUT2D eigenvalue weighted by Gasteiger charge is -2.25. The summed E-state index contributed by atoms with van der Waals surface area (Å²) in [7, 11) is -3.65. The van der Waals surface area contributed by atoms with Gasteiger partial charge in [-0.25, -0.2) is 24.0 Å². The van der Waals surface area contributed by atoms with Crippen LogP contribution in [0.15, 0.2) is 23.1 Å². The van der Waals surface area contributed by atoms with Gasteiger partial charge in [0, 0.05) is 16.8 Å². The van der Waals surface area contributed by atoms with Gasteiger partial charge >= 0.3 is 0 Å². The summed E-state index contributed by atoms with van der Waals surface area (Å²) in [6.45, 7) is 8.26. The first-order chi connectivity index (χ1) is 15.1. The smallest absolute Gasteiger partial charge is 0.241 e. The van der Waals surface area contributed by atoms with Gasteiger partial charge in [0.1, 0.15) is 5.50 Å². The molecule has 3 aliphatic heterocycles. The summed E-state index contributed by atoms with van der Waals surface area (Å²) >= 11 is 3.48. The van der Waals surface area contributed by atoms with Crippen LogP contribution in [0.5, 0.6) is 0 Å². The molecule has 0 spiro atoms. The van der Waals surface area contributed by atoms with Crippen molar-refractivity contribution in [2.24, 2.45) is 0 Å². The number of hydrazine groups is 1. The van der Waals surface area contributed by atoms with E-state index >= 15 is 0 Å². The maximum absolute atomic E-state index is 13.7. The first-order valence-corrected chi connectivity index (χ1v) is 14.5. The van der Waals surface area contributed by atoms with Crippen LogP contribution >= 0.6 is 23.5 Å². The molecule has 176 valence electrons. The highest BCUT2D eigenvalue weighted by Gasteiger charge is 2.46. The zero-order valence-corrected chi connectivity index (χ0v) is 21.2. The number of benzene rings is 1. The highest BCUT2D eigenvalue weighted by atomic mass is 32.2. The topological polar surface area (TPSA) is 103 Å².